The van der Waals surface area contributed by atoms with Crippen LogP contribution in [0, 0.1) is 0 Å². The van der Waals surface area contributed by atoms with Crippen molar-refractivity contribution in [2.45, 2.75) is 18.9 Å². The van der Waals surface area contributed by atoms with Gasteiger partial charge in [-0.05, 0) is 12.8 Å². The molecule has 47 heavy (non-hydrogen) atoms. The normalized spacial score (nSPS) is 11.5. The molecule has 0 bridgehead atoms. The zero-order chi connectivity index (χ0) is 34.5. The SMILES string of the molecule is C=CC(=O)OCCOCCOCCCCOCC(COCCOCCOCCOC(=O)C=C)OCCOCCOCCOC(=O)C=C. The van der Waals surface area contributed by atoms with Gasteiger partial charge < -0.3 is 56.8 Å². The summed E-state index contributed by atoms with van der Waals surface area (Å²) in [5.41, 5.74) is 0. The van der Waals surface area contributed by atoms with Crippen LogP contribution in [0.2, 0.25) is 0 Å². The molecule has 15 nitrogen and oxygen atoms in total. The molecule has 1 atom stereocenters. The molecule has 0 aliphatic carbocycles. The molecule has 0 saturated heterocycles. The highest BCUT2D eigenvalue weighted by Crippen LogP contribution is 1.99. The van der Waals surface area contributed by atoms with Gasteiger partial charge in [-0.2, -0.15) is 0 Å². The second-order valence-corrected chi connectivity index (χ2v) is 9.14. The Hall–Kier alpha value is -2.73. The van der Waals surface area contributed by atoms with Crippen LogP contribution >= 0.6 is 0 Å². The van der Waals surface area contributed by atoms with Gasteiger partial charge in [0.2, 0.25) is 0 Å². The van der Waals surface area contributed by atoms with E-state index in [0.717, 1.165) is 31.1 Å². The summed E-state index contributed by atoms with van der Waals surface area (Å²) in [6.07, 6.45) is 4.65. The lowest BCUT2D eigenvalue weighted by molar-refractivity contribution is -0.140. The minimum atomic E-state index is -0.487. The number of hydrogen-bond donors (Lipinski definition) is 0. The molecule has 0 saturated carbocycles. The highest BCUT2D eigenvalue weighted by Gasteiger charge is 2.10. The highest BCUT2D eigenvalue weighted by molar-refractivity contribution is 5.81. The van der Waals surface area contributed by atoms with Crippen LogP contribution in [0.15, 0.2) is 38.0 Å². The average Bonchev–Trinajstić information content (AvgIpc) is 3.08. The van der Waals surface area contributed by atoms with Crippen LogP contribution in [0.3, 0.4) is 0 Å². The second-order valence-electron chi connectivity index (χ2n) is 9.14. The van der Waals surface area contributed by atoms with Gasteiger partial charge in [0.05, 0.1) is 99.1 Å². The molecular weight excluding hydrogens is 624 g/mol. The Labute approximate surface area is 278 Å². The molecule has 0 radical (unpaired) electrons. The van der Waals surface area contributed by atoms with Crippen molar-refractivity contribution in [1.29, 1.82) is 0 Å². The second kappa shape index (κ2) is 36.1. The Morgan fingerprint density at radius 2 is 0.660 bits per heavy atom. The van der Waals surface area contributed by atoms with Crippen molar-refractivity contribution >= 4 is 17.9 Å². The summed E-state index contributed by atoms with van der Waals surface area (Å²) in [4.78, 5) is 32.8. The van der Waals surface area contributed by atoms with Gasteiger partial charge in [0, 0.05) is 31.4 Å². The quantitative estimate of drug-likeness (QED) is 0.0402. The van der Waals surface area contributed by atoms with Crippen LogP contribution in [0.25, 0.3) is 0 Å². The smallest absolute Gasteiger partial charge is 0.330 e. The van der Waals surface area contributed by atoms with Gasteiger partial charge in [0.25, 0.3) is 0 Å². The summed E-state index contributed by atoms with van der Waals surface area (Å²) in [6, 6.07) is 0. The number of ether oxygens (including phenoxy) is 12. The maximum Gasteiger partial charge on any atom is 0.330 e. The minimum Gasteiger partial charge on any atom is -0.460 e. The number of hydrogen-bond acceptors (Lipinski definition) is 15. The van der Waals surface area contributed by atoms with Crippen molar-refractivity contribution in [2.24, 2.45) is 0 Å². The maximum atomic E-state index is 11.0. The first-order valence-electron chi connectivity index (χ1n) is 15.6. The van der Waals surface area contributed by atoms with Gasteiger partial charge in [-0.3, -0.25) is 0 Å². The van der Waals surface area contributed by atoms with Crippen LogP contribution in [0.4, 0.5) is 0 Å². The van der Waals surface area contributed by atoms with E-state index in [0.29, 0.717) is 99.1 Å². The molecule has 0 N–H and O–H groups in total. The van der Waals surface area contributed by atoms with E-state index in [2.05, 4.69) is 19.7 Å². The standard InChI is InChI=1S/C32H54O15/c1-4-30(33)45-24-20-39-12-11-36-9-7-8-10-42-27-29(44-23-19-38-15-16-41-22-26-47-32(35)6-3)28-43-18-17-37-13-14-40-21-25-46-31(34)5-2/h4-6,29H,1-3,7-28H2. The van der Waals surface area contributed by atoms with Gasteiger partial charge in [-0.25, -0.2) is 14.4 Å². The molecule has 0 spiro atoms. The lowest BCUT2D eigenvalue weighted by atomic mass is 10.3. The van der Waals surface area contributed by atoms with E-state index in [1.54, 1.807) is 0 Å². The summed E-state index contributed by atoms with van der Waals surface area (Å²) in [5.74, 6) is -1.44. The largest absolute Gasteiger partial charge is 0.460 e. The molecule has 0 aromatic rings. The fraction of sp³-hybridized carbons (Fsp3) is 0.719. The van der Waals surface area contributed by atoms with Crippen LogP contribution in [-0.4, -0.2) is 156 Å². The molecule has 0 aliphatic rings. The van der Waals surface area contributed by atoms with Crippen molar-refractivity contribution in [1.82, 2.24) is 0 Å². The molecule has 0 fully saturated rings. The zero-order valence-electron chi connectivity index (χ0n) is 27.6. The molecule has 0 aromatic heterocycles. The molecule has 15 heteroatoms. The lowest BCUT2D eigenvalue weighted by Crippen LogP contribution is -2.28. The van der Waals surface area contributed by atoms with Crippen molar-refractivity contribution in [3.05, 3.63) is 38.0 Å². The third kappa shape index (κ3) is 34.4. The Kier molecular flexibility index (Phi) is 34.0. The number of carbonyl (C=O) groups excluding carboxylic acids is 3. The predicted molar refractivity (Wildman–Crippen MR) is 169 cm³/mol. The maximum absolute atomic E-state index is 11.0. The molecule has 0 heterocycles. The first-order chi connectivity index (χ1) is 23.0. The summed E-state index contributed by atoms with van der Waals surface area (Å²) in [7, 11) is 0. The van der Waals surface area contributed by atoms with Crippen molar-refractivity contribution in [3.8, 4) is 0 Å². The highest BCUT2D eigenvalue weighted by atomic mass is 16.6. The first-order valence-corrected chi connectivity index (χ1v) is 15.6. The van der Waals surface area contributed by atoms with E-state index in [1.165, 1.54) is 0 Å². The van der Waals surface area contributed by atoms with E-state index in [9.17, 15) is 14.4 Å². The molecule has 0 aliphatic heterocycles. The Morgan fingerprint density at radius 3 is 1.04 bits per heavy atom. The number of unbranched alkanes of at least 4 members (excludes halogenated alkanes) is 1. The van der Waals surface area contributed by atoms with Crippen molar-refractivity contribution in [3.63, 3.8) is 0 Å². The zero-order valence-corrected chi connectivity index (χ0v) is 27.6. The van der Waals surface area contributed by atoms with E-state index < -0.39 is 17.9 Å². The number of esters is 3. The monoisotopic (exact) mass is 678 g/mol. The average molecular weight is 679 g/mol. The van der Waals surface area contributed by atoms with Crippen LogP contribution < -0.4 is 0 Å². The topological polar surface area (TPSA) is 162 Å². The van der Waals surface area contributed by atoms with Gasteiger partial charge >= 0.3 is 17.9 Å². The van der Waals surface area contributed by atoms with Crippen LogP contribution in [0.5, 0.6) is 0 Å². The molecule has 0 aromatic carbocycles. The Morgan fingerprint density at radius 1 is 0.383 bits per heavy atom. The molecule has 272 valence electrons. The minimum absolute atomic E-state index is 0.156. The fourth-order valence-electron chi connectivity index (χ4n) is 3.12. The van der Waals surface area contributed by atoms with E-state index >= 15 is 0 Å². The van der Waals surface area contributed by atoms with Crippen molar-refractivity contribution in [2.75, 3.05) is 132 Å². The molecule has 0 amide bonds. The fourth-order valence-corrected chi connectivity index (χ4v) is 3.12. The predicted octanol–water partition coefficient (Wildman–Crippen LogP) is 1.47. The summed E-state index contributed by atoms with van der Waals surface area (Å²) in [6.45, 7) is 16.9. The van der Waals surface area contributed by atoms with Crippen LogP contribution in [-0.2, 0) is 71.2 Å². The number of rotatable bonds is 37. The summed E-state index contributed by atoms with van der Waals surface area (Å²) < 4.78 is 64.4. The van der Waals surface area contributed by atoms with Gasteiger partial charge in [-0.15, -0.1) is 0 Å². The molecule has 0 rings (SSSR count). The summed E-state index contributed by atoms with van der Waals surface area (Å²) >= 11 is 0. The summed E-state index contributed by atoms with van der Waals surface area (Å²) in [5, 5.41) is 0. The van der Waals surface area contributed by atoms with Gasteiger partial charge in [-0.1, -0.05) is 19.7 Å². The van der Waals surface area contributed by atoms with E-state index in [4.69, 9.17) is 56.8 Å². The number of carbonyl (C=O) groups is 3. The Balaban J connectivity index is 4.00. The Bertz CT molecular complexity index is 792. The van der Waals surface area contributed by atoms with E-state index in [1.807, 2.05) is 0 Å². The van der Waals surface area contributed by atoms with Gasteiger partial charge in [0.1, 0.15) is 25.9 Å². The van der Waals surface area contributed by atoms with Crippen LogP contribution in [0.1, 0.15) is 12.8 Å². The third-order valence-corrected chi connectivity index (χ3v) is 5.42. The van der Waals surface area contributed by atoms with Crippen molar-refractivity contribution < 1.29 is 71.2 Å². The van der Waals surface area contributed by atoms with E-state index in [-0.39, 0.29) is 39.1 Å². The lowest BCUT2D eigenvalue weighted by Gasteiger charge is -2.18. The first kappa shape index (κ1) is 44.3. The molecule has 1 unspecified atom stereocenters. The third-order valence-electron chi connectivity index (χ3n) is 5.42. The van der Waals surface area contributed by atoms with Gasteiger partial charge in [0.15, 0.2) is 0 Å². The molecular formula is C32H54O15.